The molecule has 6 rings (SSSR count). The predicted molar refractivity (Wildman–Crippen MR) is 124 cm³/mol. The molecule has 2 N–H and O–H groups in total. The molecule has 0 spiro atoms. The number of aryl methyl sites for hydroxylation is 1. The van der Waals surface area contributed by atoms with Gasteiger partial charge in [-0.3, -0.25) is 4.99 Å². The quantitative estimate of drug-likeness (QED) is 0.467. The highest BCUT2D eigenvalue weighted by Gasteiger charge is 2.44. The second kappa shape index (κ2) is 6.68. The number of ether oxygens (including phenoxy) is 1. The van der Waals surface area contributed by atoms with Crippen molar-refractivity contribution in [2.45, 2.75) is 6.92 Å². The zero-order valence-electron chi connectivity index (χ0n) is 16.7. The van der Waals surface area contributed by atoms with E-state index in [0.717, 1.165) is 55.1 Å². The van der Waals surface area contributed by atoms with E-state index in [1.165, 1.54) is 0 Å². The lowest BCUT2D eigenvalue weighted by Crippen LogP contribution is -2.53. The second-order valence-electron chi connectivity index (χ2n) is 7.49. The van der Waals surface area contributed by atoms with Crippen molar-refractivity contribution in [3.63, 3.8) is 0 Å². The standard InChI is InChI=1S/C24H18N5OS/c1-15-27-20-13-19(9-10-22(20)31-15)30-18-7-5-17(6-8-18)24-28-23(16-3-2-4-16)21-14-26-11-12-29(21,24)25/h2-14H,25H2,1H3/q+1. The zero-order chi connectivity index (χ0) is 21.0. The molecule has 2 aromatic carbocycles. The van der Waals surface area contributed by atoms with E-state index in [4.69, 9.17) is 15.6 Å². The number of benzene rings is 2. The van der Waals surface area contributed by atoms with Crippen LogP contribution in [0.15, 0.2) is 100 Å². The van der Waals surface area contributed by atoms with Crippen LogP contribution in [0.5, 0.6) is 11.5 Å². The van der Waals surface area contributed by atoms with Crippen molar-refractivity contribution in [1.82, 2.24) is 4.98 Å². The van der Waals surface area contributed by atoms with E-state index in [1.54, 1.807) is 23.8 Å². The minimum Gasteiger partial charge on any atom is -0.457 e. The van der Waals surface area contributed by atoms with Crippen LogP contribution in [0.4, 0.5) is 0 Å². The van der Waals surface area contributed by atoms with Crippen molar-refractivity contribution in [2.75, 3.05) is 0 Å². The normalized spacial score (nSPS) is 21.2. The molecule has 1 aromatic heterocycles. The topological polar surface area (TPSA) is 72.9 Å². The Morgan fingerprint density at radius 2 is 1.87 bits per heavy atom. The summed E-state index contributed by atoms with van der Waals surface area (Å²) in [6, 6.07) is 13.8. The van der Waals surface area contributed by atoms with E-state index in [2.05, 4.69) is 9.98 Å². The van der Waals surface area contributed by atoms with Crippen LogP contribution in [0.25, 0.3) is 10.2 Å². The summed E-state index contributed by atoms with van der Waals surface area (Å²) < 4.78 is 7.22. The molecule has 150 valence electrons. The maximum atomic E-state index is 6.75. The number of quaternary nitrogens is 1. The fourth-order valence-electron chi connectivity index (χ4n) is 3.84. The average molecular weight is 425 g/mol. The Labute approximate surface area is 182 Å². The van der Waals surface area contributed by atoms with Crippen LogP contribution < -0.4 is 10.6 Å². The first-order chi connectivity index (χ1) is 15.1. The van der Waals surface area contributed by atoms with E-state index in [-0.39, 0.29) is 4.59 Å². The van der Waals surface area contributed by atoms with Crippen LogP contribution in [0.1, 0.15) is 10.6 Å². The monoisotopic (exact) mass is 424 g/mol. The minimum absolute atomic E-state index is 0.00403. The molecular weight excluding hydrogens is 406 g/mol. The molecule has 1 unspecified atom stereocenters. The van der Waals surface area contributed by atoms with Crippen LogP contribution in [-0.4, -0.2) is 21.6 Å². The van der Waals surface area contributed by atoms with Crippen LogP contribution in [0, 0.1) is 6.92 Å². The van der Waals surface area contributed by atoms with Gasteiger partial charge in [0.05, 0.1) is 33.2 Å². The van der Waals surface area contributed by atoms with E-state index in [1.807, 2.05) is 73.8 Å². The largest absolute Gasteiger partial charge is 0.457 e. The SMILES string of the molecule is Cc1nc2cc(Oc3ccc(C4=NC(C5=CC=C5)=C5C=NC=C[N+]45N)cc3)ccc2s1. The summed E-state index contributed by atoms with van der Waals surface area (Å²) in [5.41, 5.74) is 4.67. The first-order valence-electron chi connectivity index (χ1n) is 9.87. The summed E-state index contributed by atoms with van der Waals surface area (Å²) in [6.45, 7) is 2.01. The fraction of sp³-hybridized carbons (Fsp3) is 0.0417. The lowest BCUT2D eigenvalue weighted by Gasteiger charge is -2.26. The van der Waals surface area contributed by atoms with Crippen LogP contribution >= 0.6 is 11.3 Å². The highest BCUT2D eigenvalue weighted by atomic mass is 32.1. The second-order valence-corrected chi connectivity index (χ2v) is 8.73. The predicted octanol–water partition coefficient (Wildman–Crippen LogP) is 5.11. The fourth-order valence-corrected chi connectivity index (χ4v) is 4.64. The summed E-state index contributed by atoms with van der Waals surface area (Å²) in [4.78, 5) is 13.7. The molecule has 7 heteroatoms. The number of allylic oxidation sites excluding steroid dienone is 4. The highest BCUT2D eigenvalue weighted by molar-refractivity contribution is 7.18. The van der Waals surface area contributed by atoms with E-state index in [0.29, 0.717) is 0 Å². The maximum Gasteiger partial charge on any atom is 0.265 e. The van der Waals surface area contributed by atoms with Crippen molar-refractivity contribution < 1.29 is 9.33 Å². The molecule has 0 fully saturated rings. The van der Waals surface area contributed by atoms with Gasteiger partial charge in [0.2, 0.25) is 5.70 Å². The third kappa shape index (κ3) is 2.90. The number of nitrogens with zero attached hydrogens (tertiary/aromatic N) is 4. The van der Waals surface area contributed by atoms with E-state index < -0.39 is 0 Å². The van der Waals surface area contributed by atoms with Gasteiger partial charge in [0.1, 0.15) is 23.4 Å². The molecule has 1 atom stereocenters. The summed E-state index contributed by atoms with van der Waals surface area (Å²) >= 11 is 1.68. The van der Waals surface area contributed by atoms with Gasteiger partial charge in [-0.15, -0.1) is 15.9 Å². The molecule has 3 aromatic rings. The van der Waals surface area contributed by atoms with Gasteiger partial charge in [0, 0.05) is 11.6 Å². The summed E-state index contributed by atoms with van der Waals surface area (Å²) in [6.07, 6.45) is 11.4. The molecule has 0 saturated heterocycles. The molecule has 6 nitrogen and oxygen atoms in total. The molecule has 3 heterocycles. The molecule has 0 bridgehead atoms. The van der Waals surface area contributed by atoms with Crippen LogP contribution in [-0.2, 0) is 0 Å². The first kappa shape index (κ1) is 18.1. The van der Waals surface area contributed by atoms with Crippen molar-refractivity contribution in [2.24, 2.45) is 15.8 Å². The molecule has 0 amide bonds. The lowest BCUT2D eigenvalue weighted by atomic mass is 10.0. The van der Waals surface area contributed by atoms with Crippen molar-refractivity contribution in [3.8, 4) is 11.5 Å². The van der Waals surface area contributed by atoms with Gasteiger partial charge in [-0.25, -0.2) is 4.98 Å². The van der Waals surface area contributed by atoms with Crippen molar-refractivity contribution in [1.29, 1.82) is 0 Å². The molecule has 0 radical (unpaired) electrons. The molecular formula is C24H18N5OS+. The molecule has 3 aliphatic rings. The summed E-state index contributed by atoms with van der Waals surface area (Å²) in [5, 5.41) is 1.05. The van der Waals surface area contributed by atoms with Gasteiger partial charge in [0.15, 0.2) is 0 Å². The number of amidine groups is 1. The Bertz CT molecular complexity index is 1420. The molecule has 1 aliphatic carbocycles. The summed E-state index contributed by atoms with van der Waals surface area (Å²) in [7, 11) is 0. The van der Waals surface area contributed by atoms with Gasteiger partial charge in [-0.05, 0) is 43.3 Å². The number of rotatable bonds is 4. The van der Waals surface area contributed by atoms with E-state index in [9.17, 15) is 0 Å². The van der Waals surface area contributed by atoms with Gasteiger partial charge in [-0.1, -0.05) is 18.2 Å². The van der Waals surface area contributed by atoms with Crippen LogP contribution in [0.2, 0.25) is 0 Å². The Morgan fingerprint density at radius 3 is 2.65 bits per heavy atom. The van der Waals surface area contributed by atoms with Crippen molar-refractivity contribution in [3.05, 3.63) is 101 Å². The van der Waals surface area contributed by atoms with Gasteiger partial charge in [-0.2, -0.15) is 10.8 Å². The summed E-state index contributed by atoms with van der Waals surface area (Å²) in [5.74, 6) is 9.00. The third-order valence-corrected chi connectivity index (χ3v) is 6.39. The Balaban J connectivity index is 1.30. The number of aromatic nitrogens is 1. The first-order valence-corrected chi connectivity index (χ1v) is 10.7. The van der Waals surface area contributed by atoms with Gasteiger partial charge >= 0.3 is 0 Å². The Morgan fingerprint density at radius 1 is 1.06 bits per heavy atom. The highest BCUT2D eigenvalue weighted by Crippen LogP contribution is 2.36. The number of fused-ring (bicyclic) bond motifs is 2. The number of thiazole rings is 1. The number of hydrogen-bond donors (Lipinski definition) is 1. The zero-order valence-corrected chi connectivity index (χ0v) is 17.5. The smallest absolute Gasteiger partial charge is 0.265 e. The van der Waals surface area contributed by atoms with Gasteiger partial charge < -0.3 is 4.74 Å². The lowest BCUT2D eigenvalue weighted by molar-refractivity contribution is -0.750. The van der Waals surface area contributed by atoms with Crippen LogP contribution in [0.3, 0.4) is 0 Å². The Hall–Kier alpha value is -3.65. The minimum atomic E-state index is 0.00403. The maximum absolute atomic E-state index is 6.75. The van der Waals surface area contributed by atoms with Gasteiger partial charge in [0.25, 0.3) is 5.84 Å². The number of hydrogen-bond acceptors (Lipinski definition) is 6. The molecule has 0 saturated carbocycles. The number of aliphatic imine (C=N–C) groups is 2. The molecule has 31 heavy (non-hydrogen) atoms. The average Bonchev–Trinajstić information content (AvgIpc) is 3.24. The van der Waals surface area contributed by atoms with Crippen molar-refractivity contribution >= 4 is 33.6 Å². The Kier molecular flexibility index (Phi) is 3.91. The third-order valence-electron chi connectivity index (χ3n) is 5.43. The van der Waals surface area contributed by atoms with E-state index >= 15 is 0 Å². The molecule has 2 aliphatic heterocycles. The number of nitrogens with two attached hydrogens (primary N) is 1.